The molecule has 2 fully saturated rings. The molecule has 7 rings (SSSR count). The third kappa shape index (κ3) is 8.30. The maximum atomic E-state index is 13.8. The van der Waals surface area contributed by atoms with Gasteiger partial charge in [-0.2, -0.15) is 10.1 Å². The Morgan fingerprint density at radius 2 is 1.44 bits per heavy atom. The zero-order chi connectivity index (χ0) is 37.8. The number of hydrogen-bond donors (Lipinski definition) is 0. The van der Waals surface area contributed by atoms with Crippen molar-refractivity contribution in [1.82, 2.24) is 24.6 Å². The lowest BCUT2D eigenvalue weighted by Gasteiger charge is -2.41. The van der Waals surface area contributed by atoms with Crippen LogP contribution in [0.2, 0.25) is 0 Å². The second-order valence-corrected chi connectivity index (χ2v) is 15.3. The van der Waals surface area contributed by atoms with Crippen LogP contribution in [0, 0.1) is 11.8 Å². The molecule has 11 nitrogen and oxygen atoms in total. The van der Waals surface area contributed by atoms with E-state index in [2.05, 4.69) is 30.0 Å². The van der Waals surface area contributed by atoms with E-state index in [1.165, 1.54) is 0 Å². The van der Waals surface area contributed by atoms with Gasteiger partial charge in [-0.15, -0.1) is 0 Å². The predicted molar refractivity (Wildman–Crippen MR) is 209 cm³/mol. The van der Waals surface area contributed by atoms with E-state index >= 15 is 0 Å². The van der Waals surface area contributed by atoms with Crippen LogP contribution in [0.3, 0.4) is 0 Å². The van der Waals surface area contributed by atoms with Crippen LogP contribution >= 0.6 is 0 Å². The van der Waals surface area contributed by atoms with E-state index in [9.17, 15) is 9.59 Å². The summed E-state index contributed by atoms with van der Waals surface area (Å²) in [5.41, 5.74) is 5.18. The fraction of sp³-hybridized carbons (Fsp3) is 0.395. The number of amides is 2. The molecule has 0 aliphatic carbocycles. The highest BCUT2D eigenvalue weighted by molar-refractivity contribution is 6.01. The number of pyridine rings is 1. The minimum Gasteiger partial charge on any atom is -0.473 e. The number of piperidine rings is 1. The number of aromatic nitrogens is 3. The fourth-order valence-electron chi connectivity index (χ4n) is 7.43. The predicted octanol–water partition coefficient (Wildman–Crippen LogP) is 7.34. The summed E-state index contributed by atoms with van der Waals surface area (Å²) in [5.74, 6) is 1.05. The number of carbonyl (C=O) groups is 2. The molecular weight excluding hydrogens is 681 g/mol. The van der Waals surface area contributed by atoms with Crippen LogP contribution in [0.4, 0.5) is 10.5 Å². The summed E-state index contributed by atoms with van der Waals surface area (Å²) in [4.78, 5) is 37.4. The molecule has 282 valence electrons. The quantitative estimate of drug-likeness (QED) is 0.155. The molecule has 5 aromatic rings. The number of anilines is 1. The molecule has 2 atom stereocenters. The summed E-state index contributed by atoms with van der Waals surface area (Å²) < 4.78 is 20.0. The summed E-state index contributed by atoms with van der Waals surface area (Å²) in [6.07, 6.45) is 0.334. The third-order valence-corrected chi connectivity index (χ3v) is 10.2. The number of nitrogens with zero attached hydrogens (tertiary/aromatic N) is 6. The van der Waals surface area contributed by atoms with E-state index in [-0.39, 0.29) is 23.8 Å². The minimum atomic E-state index is -0.547. The molecule has 2 aliphatic heterocycles. The first-order valence-electron chi connectivity index (χ1n) is 18.9. The number of ether oxygens (including phenoxy) is 3. The molecule has 2 saturated heterocycles. The van der Waals surface area contributed by atoms with Gasteiger partial charge in [0.2, 0.25) is 17.7 Å². The standard InChI is InChI=1S/C43H50N6O5/c1-30-27-49(42(51)54-43(2,3)4)22-21-33(30)41(50)48-25-23-47(24-26-48)36-18-12-17-34-38(45-46(5)39(34)36)35-19-20-37(52-28-31-13-8-6-9-14-31)44-40(35)53-29-32-15-10-7-11-16-32/h6-20,30,33H,21-29H2,1-5H3. The minimum absolute atomic E-state index is 0.0546. The Morgan fingerprint density at radius 1 is 0.778 bits per heavy atom. The third-order valence-electron chi connectivity index (χ3n) is 10.2. The lowest BCUT2D eigenvalue weighted by molar-refractivity contribution is -0.139. The molecule has 0 bridgehead atoms. The molecule has 54 heavy (non-hydrogen) atoms. The van der Waals surface area contributed by atoms with Crippen LogP contribution in [0.25, 0.3) is 22.2 Å². The van der Waals surface area contributed by atoms with Crippen LogP contribution in [0.15, 0.2) is 91.0 Å². The second kappa shape index (κ2) is 15.8. The highest BCUT2D eigenvalue weighted by Gasteiger charge is 2.37. The fourth-order valence-corrected chi connectivity index (χ4v) is 7.43. The van der Waals surface area contributed by atoms with Crippen molar-refractivity contribution in [3.8, 4) is 23.0 Å². The van der Waals surface area contributed by atoms with Gasteiger partial charge in [0.25, 0.3) is 0 Å². The SMILES string of the molecule is CC1CN(C(=O)OC(C)(C)C)CCC1C(=O)N1CCN(c2cccc3c(-c4ccc(OCc5ccccc5)nc4OCc4ccccc4)nn(C)c23)CC1. The molecule has 0 saturated carbocycles. The molecule has 11 heteroatoms. The first-order valence-corrected chi connectivity index (χ1v) is 18.9. The van der Waals surface area contributed by atoms with Gasteiger partial charge in [0.05, 0.1) is 16.8 Å². The molecule has 2 amide bonds. The zero-order valence-corrected chi connectivity index (χ0v) is 31.9. The van der Waals surface area contributed by atoms with Gasteiger partial charge < -0.3 is 28.9 Å². The molecule has 2 unspecified atom stereocenters. The number of aryl methyl sites for hydroxylation is 1. The highest BCUT2D eigenvalue weighted by Crippen LogP contribution is 2.38. The van der Waals surface area contributed by atoms with E-state index in [4.69, 9.17) is 24.3 Å². The maximum Gasteiger partial charge on any atom is 0.410 e. The molecule has 0 radical (unpaired) electrons. The summed E-state index contributed by atoms with van der Waals surface area (Å²) >= 11 is 0. The smallest absolute Gasteiger partial charge is 0.410 e. The van der Waals surface area contributed by atoms with Crippen LogP contribution in [-0.2, 0) is 29.8 Å². The van der Waals surface area contributed by atoms with E-state index in [0.717, 1.165) is 39.0 Å². The molecule has 0 N–H and O–H groups in total. The summed E-state index contributed by atoms with van der Waals surface area (Å²) in [7, 11) is 1.97. The van der Waals surface area contributed by atoms with Crippen molar-refractivity contribution in [2.45, 2.75) is 52.9 Å². The first-order chi connectivity index (χ1) is 26.0. The number of fused-ring (bicyclic) bond motifs is 1. The zero-order valence-electron chi connectivity index (χ0n) is 31.9. The van der Waals surface area contributed by atoms with Gasteiger partial charge in [0, 0.05) is 63.7 Å². The van der Waals surface area contributed by atoms with Crippen molar-refractivity contribution in [2.75, 3.05) is 44.2 Å². The van der Waals surface area contributed by atoms with Crippen molar-refractivity contribution in [2.24, 2.45) is 18.9 Å². The van der Waals surface area contributed by atoms with Gasteiger partial charge in [-0.05, 0) is 56.4 Å². The van der Waals surface area contributed by atoms with E-state index in [0.29, 0.717) is 70.7 Å². The van der Waals surface area contributed by atoms with Crippen molar-refractivity contribution in [1.29, 1.82) is 0 Å². The topological polar surface area (TPSA) is 102 Å². The first kappa shape index (κ1) is 36.8. The van der Waals surface area contributed by atoms with Crippen LogP contribution in [0.5, 0.6) is 11.8 Å². The van der Waals surface area contributed by atoms with Gasteiger partial charge in [0.15, 0.2) is 0 Å². The lowest BCUT2D eigenvalue weighted by Crippen LogP contribution is -2.54. The van der Waals surface area contributed by atoms with E-state index < -0.39 is 5.60 Å². The van der Waals surface area contributed by atoms with Gasteiger partial charge in [0.1, 0.15) is 24.5 Å². The van der Waals surface area contributed by atoms with Crippen molar-refractivity contribution in [3.05, 3.63) is 102 Å². The number of piperazine rings is 1. The number of carbonyl (C=O) groups excluding carboxylic acids is 2. The molecule has 0 spiro atoms. The number of hydrogen-bond acceptors (Lipinski definition) is 8. The van der Waals surface area contributed by atoms with Crippen LogP contribution < -0.4 is 14.4 Å². The Balaban J connectivity index is 1.07. The van der Waals surface area contributed by atoms with Crippen molar-refractivity contribution in [3.63, 3.8) is 0 Å². The maximum absolute atomic E-state index is 13.8. The van der Waals surface area contributed by atoms with Crippen LogP contribution in [0.1, 0.15) is 45.2 Å². The summed E-state index contributed by atoms with van der Waals surface area (Å²) in [6, 6.07) is 30.2. The number of rotatable bonds is 9. The number of likely N-dealkylation sites (tertiary alicyclic amines) is 1. The Hall–Kier alpha value is -5.58. The molecule has 3 aromatic carbocycles. The molecule has 2 aliphatic rings. The van der Waals surface area contributed by atoms with Gasteiger partial charge in [-0.3, -0.25) is 9.48 Å². The Kier molecular flexibility index (Phi) is 10.8. The normalized spacial score (nSPS) is 17.8. The molecule has 2 aromatic heterocycles. The molecule has 4 heterocycles. The number of para-hydroxylation sites is 1. The van der Waals surface area contributed by atoms with Crippen LogP contribution in [-0.4, -0.2) is 81.4 Å². The van der Waals surface area contributed by atoms with Crippen molar-refractivity contribution < 1.29 is 23.8 Å². The summed E-state index contributed by atoms with van der Waals surface area (Å²) in [6.45, 7) is 12.1. The van der Waals surface area contributed by atoms with Gasteiger partial charge in [-0.1, -0.05) is 79.7 Å². The summed E-state index contributed by atoms with van der Waals surface area (Å²) in [5, 5.41) is 6.02. The second-order valence-electron chi connectivity index (χ2n) is 15.3. The van der Waals surface area contributed by atoms with E-state index in [1.54, 1.807) is 4.90 Å². The average Bonchev–Trinajstić information content (AvgIpc) is 3.52. The van der Waals surface area contributed by atoms with Crippen molar-refractivity contribution >= 4 is 28.6 Å². The Labute approximate surface area is 317 Å². The van der Waals surface area contributed by atoms with E-state index in [1.807, 2.05) is 110 Å². The lowest BCUT2D eigenvalue weighted by atomic mass is 9.85. The average molecular weight is 731 g/mol. The van der Waals surface area contributed by atoms with Gasteiger partial charge in [-0.25, -0.2) is 4.79 Å². The number of benzene rings is 3. The largest absolute Gasteiger partial charge is 0.473 e. The monoisotopic (exact) mass is 730 g/mol. The highest BCUT2D eigenvalue weighted by atomic mass is 16.6. The molecular formula is C43H50N6O5. The Morgan fingerprint density at radius 3 is 2.09 bits per heavy atom. The van der Waals surface area contributed by atoms with Gasteiger partial charge >= 0.3 is 6.09 Å². The Bertz CT molecular complexity index is 2070.